The van der Waals surface area contributed by atoms with Crippen LogP contribution in [-0.2, 0) is 6.54 Å². The fourth-order valence-corrected chi connectivity index (χ4v) is 5.80. The molecule has 0 aliphatic carbocycles. The average Bonchev–Trinajstić information content (AvgIpc) is 3.60. The Morgan fingerprint density at radius 3 is 2.00 bits per heavy atom. The predicted octanol–water partition coefficient (Wildman–Crippen LogP) is 8.41. The van der Waals surface area contributed by atoms with Gasteiger partial charge in [0.05, 0.1) is 27.8 Å². The Kier molecular flexibility index (Phi) is 5.04. The van der Waals surface area contributed by atoms with Gasteiger partial charge in [-0.25, -0.2) is 15.0 Å². The van der Waals surface area contributed by atoms with Crippen LogP contribution in [0.25, 0.3) is 72.4 Å². The molecule has 190 valence electrons. The lowest BCUT2D eigenvalue weighted by Crippen LogP contribution is -1.97. The van der Waals surface area contributed by atoms with Crippen molar-refractivity contribution in [2.75, 3.05) is 0 Å². The van der Waals surface area contributed by atoms with Crippen molar-refractivity contribution >= 4 is 38.6 Å². The second kappa shape index (κ2) is 8.89. The van der Waals surface area contributed by atoms with Crippen molar-refractivity contribution < 1.29 is 0 Å². The monoisotopic (exact) mass is 515 g/mol. The molecule has 4 aromatic carbocycles. The summed E-state index contributed by atoms with van der Waals surface area (Å²) in [7, 11) is 0. The lowest BCUT2D eigenvalue weighted by molar-refractivity contribution is 0.796. The van der Waals surface area contributed by atoms with E-state index in [0.29, 0.717) is 0 Å². The number of para-hydroxylation sites is 3. The van der Waals surface area contributed by atoms with Crippen LogP contribution in [0.2, 0.25) is 0 Å². The molecule has 0 saturated heterocycles. The van der Waals surface area contributed by atoms with Gasteiger partial charge in [0.2, 0.25) is 0 Å². The number of benzene rings is 4. The Bertz CT molecular complexity index is 2180. The number of rotatable bonds is 4. The molecule has 0 radical (unpaired) electrons. The maximum atomic E-state index is 5.11. The molecule has 40 heavy (non-hydrogen) atoms. The van der Waals surface area contributed by atoms with Crippen LogP contribution in [0.3, 0.4) is 0 Å². The van der Waals surface area contributed by atoms with Gasteiger partial charge in [0.25, 0.3) is 0 Å². The van der Waals surface area contributed by atoms with Crippen molar-refractivity contribution in [1.29, 1.82) is 0 Å². The summed E-state index contributed by atoms with van der Waals surface area (Å²) in [5.41, 5.74) is 11.5. The number of hydrogen-bond acceptors (Lipinski definition) is 3. The molecule has 4 aromatic heterocycles. The van der Waals surface area contributed by atoms with Crippen molar-refractivity contribution in [3.8, 4) is 33.8 Å². The van der Waals surface area contributed by atoms with Crippen molar-refractivity contribution in [2.45, 2.75) is 13.5 Å². The average molecular weight is 516 g/mol. The second-order valence-corrected chi connectivity index (χ2v) is 10.0. The molecule has 4 heterocycles. The fourth-order valence-electron chi connectivity index (χ4n) is 5.80. The van der Waals surface area contributed by atoms with Gasteiger partial charge < -0.3 is 4.57 Å². The van der Waals surface area contributed by atoms with E-state index in [2.05, 4.69) is 101 Å². The highest BCUT2D eigenvalue weighted by molar-refractivity contribution is 6.09. The van der Waals surface area contributed by atoms with E-state index < -0.39 is 0 Å². The number of nitrogens with zero attached hydrogens (tertiary/aromatic N) is 5. The topological polar surface area (TPSA) is 48.0 Å². The molecule has 0 unspecified atom stereocenters. The van der Waals surface area contributed by atoms with E-state index in [-0.39, 0.29) is 0 Å². The highest BCUT2D eigenvalue weighted by atomic mass is 15.1. The van der Waals surface area contributed by atoms with Crippen LogP contribution >= 0.6 is 0 Å². The van der Waals surface area contributed by atoms with Gasteiger partial charge >= 0.3 is 0 Å². The van der Waals surface area contributed by atoms with Crippen LogP contribution in [0, 0.1) is 0 Å². The summed E-state index contributed by atoms with van der Waals surface area (Å²) in [5.74, 6) is 1.00. The Morgan fingerprint density at radius 2 is 1.23 bits per heavy atom. The van der Waals surface area contributed by atoms with Crippen LogP contribution in [0.4, 0.5) is 0 Å². The zero-order valence-corrected chi connectivity index (χ0v) is 22.0. The maximum Gasteiger partial charge on any atom is 0.141 e. The lowest BCUT2D eigenvalue weighted by Gasteiger charge is -2.10. The Labute approximate surface area is 231 Å². The molecule has 0 N–H and O–H groups in total. The Hall–Kier alpha value is -5.29. The largest absolute Gasteiger partial charge is 0.324 e. The van der Waals surface area contributed by atoms with E-state index in [1.807, 2.05) is 36.4 Å². The maximum absolute atomic E-state index is 5.11. The van der Waals surface area contributed by atoms with E-state index in [0.717, 1.165) is 67.9 Å². The van der Waals surface area contributed by atoms with Gasteiger partial charge in [0, 0.05) is 29.3 Å². The smallest absolute Gasteiger partial charge is 0.141 e. The zero-order valence-electron chi connectivity index (χ0n) is 22.0. The van der Waals surface area contributed by atoms with Gasteiger partial charge in [-0.3, -0.25) is 4.40 Å². The summed E-state index contributed by atoms with van der Waals surface area (Å²) >= 11 is 0. The molecule has 5 heteroatoms. The van der Waals surface area contributed by atoms with E-state index in [4.69, 9.17) is 15.0 Å². The number of pyridine rings is 2. The first kappa shape index (κ1) is 22.7. The highest BCUT2D eigenvalue weighted by Crippen LogP contribution is 2.34. The number of aryl methyl sites for hydroxylation is 1. The molecule has 0 aliphatic rings. The molecule has 0 saturated carbocycles. The molecule has 0 amide bonds. The molecule has 0 atom stereocenters. The lowest BCUT2D eigenvalue weighted by atomic mass is 10.0. The van der Waals surface area contributed by atoms with Gasteiger partial charge in [-0.2, -0.15) is 0 Å². The van der Waals surface area contributed by atoms with Crippen molar-refractivity contribution in [3.05, 3.63) is 121 Å². The fraction of sp³-hybridized carbons (Fsp3) is 0.0571. The molecule has 8 rings (SSSR count). The molecule has 8 aromatic rings. The van der Waals surface area contributed by atoms with Crippen LogP contribution in [0.5, 0.6) is 0 Å². The molecule has 5 nitrogen and oxygen atoms in total. The quantitative estimate of drug-likeness (QED) is 0.236. The van der Waals surface area contributed by atoms with Gasteiger partial charge in [-0.05, 0) is 48.4 Å². The van der Waals surface area contributed by atoms with Gasteiger partial charge in [-0.1, -0.05) is 84.9 Å². The molecular weight excluding hydrogens is 490 g/mol. The minimum absolute atomic E-state index is 0.877. The van der Waals surface area contributed by atoms with Crippen molar-refractivity contribution in [1.82, 2.24) is 23.9 Å². The summed E-state index contributed by atoms with van der Waals surface area (Å²) in [6.07, 6.45) is 2.06. The SMILES string of the molecule is CCn1c(-c2ccc(-c3ccc(-c4nc5ccccc5c5nc6ccccn6c45)cc3)cc2)nc2ccccc21. The van der Waals surface area contributed by atoms with Gasteiger partial charge in [-0.15, -0.1) is 0 Å². The van der Waals surface area contributed by atoms with Crippen LogP contribution < -0.4 is 0 Å². The Balaban J connectivity index is 1.19. The third-order valence-electron chi connectivity index (χ3n) is 7.75. The van der Waals surface area contributed by atoms with E-state index in [9.17, 15) is 0 Å². The normalized spacial score (nSPS) is 11.7. The first-order valence-electron chi connectivity index (χ1n) is 13.6. The standard InChI is InChI=1S/C35H25N5/c1-2-39-30-12-6-5-11-29(30)37-35(39)26-20-16-24(17-21-26)23-14-18-25(19-15-23)32-34-33(27-9-3-4-10-28(27)36-32)38-31-13-7-8-22-40(31)34/h3-22H,2H2,1H3. The third kappa shape index (κ3) is 3.45. The minimum atomic E-state index is 0.877. The summed E-state index contributed by atoms with van der Waals surface area (Å²) in [6.45, 7) is 3.04. The number of hydrogen-bond donors (Lipinski definition) is 0. The zero-order chi connectivity index (χ0) is 26.6. The number of aromatic nitrogens is 5. The van der Waals surface area contributed by atoms with Gasteiger partial charge in [0.15, 0.2) is 0 Å². The first-order chi connectivity index (χ1) is 19.8. The van der Waals surface area contributed by atoms with E-state index >= 15 is 0 Å². The summed E-state index contributed by atoms with van der Waals surface area (Å²) in [6, 6.07) is 40.1. The first-order valence-corrected chi connectivity index (χ1v) is 13.6. The van der Waals surface area contributed by atoms with Crippen LogP contribution in [0.1, 0.15) is 6.92 Å². The summed E-state index contributed by atoms with van der Waals surface area (Å²) < 4.78 is 4.41. The van der Waals surface area contributed by atoms with Gasteiger partial charge in [0.1, 0.15) is 17.0 Å². The molecule has 0 spiro atoms. The number of fused-ring (bicyclic) bond motifs is 6. The van der Waals surface area contributed by atoms with Crippen LogP contribution in [-0.4, -0.2) is 23.9 Å². The second-order valence-electron chi connectivity index (χ2n) is 10.0. The Morgan fingerprint density at radius 1 is 0.575 bits per heavy atom. The van der Waals surface area contributed by atoms with Crippen molar-refractivity contribution in [2.24, 2.45) is 0 Å². The van der Waals surface area contributed by atoms with Crippen LogP contribution in [0.15, 0.2) is 121 Å². The highest BCUT2D eigenvalue weighted by Gasteiger charge is 2.16. The van der Waals surface area contributed by atoms with E-state index in [1.165, 1.54) is 11.1 Å². The molecule has 0 bridgehead atoms. The molecular formula is C35H25N5. The minimum Gasteiger partial charge on any atom is -0.324 e. The van der Waals surface area contributed by atoms with Crippen molar-refractivity contribution in [3.63, 3.8) is 0 Å². The summed E-state index contributed by atoms with van der Waals surface area (Å²) in [5, 5.41) is 1.07. The molecule has 0 fully saturated rings. The summed E-state index contributed by atoms with van der Waals surface area (Å²) in [4.78, 5) is 15.0. The number of imidazole rings is 2. The third-order valence-corrected chi connectivity index (χ3v) is 7.75. The predicted molar refractivity (Wildman–Crippen MR) is 163 cm³/mol. The molecule has 0 aliphatic heterocycles. The van der Waals surface area contributed by atoms with E-state index in [1.54, 1.807) is 0 Å².